The first-order valence-corrected chi connectivity index (χ1v) is 8.81. The van der Waals surface area contributed by atoms with Crippen LogP contribution in [-0.2, 0) is 10.0 Å². The second-order valence-corrected chi connectivity index (χ2v) is 7.35. The summed E-state index contributed by atoms with van der Waals surface area (Å²) in [5.41, 5.74) is -0.0557. The predicted octanol–water partition coefficient (Wildman–Crippen LogP) is 1.62. The van der Waals surface area contributed by atoms with Gasteiger partial charge in [0.1, 0.15) is 11.9 Å². The van der Waals surface area contributed by atoms with Gasteiger partial charge in [0.25, 0.3) is 0 Å². The van der Waals surface area contributed by atoms with Crippen molar-refractivity contribution in [3.05, 3.63) is 54.4 Å². The molecule has 0 aliphatic carbocycles. The summed E-state index contributed by atoms with van der Waals surface area (Å²) in [5.74, 6) is -0.519. The third kappa shape index (κ3) is 3.39. The summed E-state index contributed by atoms with van der Waals surface area (Å²) in [5, 5.41) is 9.01. The Labute approximate surface area is 139 Å². The van der Waals surface area contributed by atoms with Gasteiger partial charge >= 0.3 is 5.97 Å². The highest BCUT2D eigenvalue weighted by atomic mass is 32.2. The minimum Gasteiger partial charge on any atom is -0.489 e. The van der Waals surface area contributed by atoms with Crippen molar-refractivity contribution in [2.45, 2.75) is 17.4 Å². The highest BCUT2D eigenvalue weighted by molar-refractivity contribution is 7.89. The first kappa shape index (κ1) is 16.4. The molecule has 0 saturated carbocycles. The quantitative estimate of drug-likeness (QED) is 0.882. The van der Waals surface area contributed by atoms with Gasteiger partial charge in [-0.3, -0.25) is 4.98 Å². The van der Waals surface area contributed by atoms with Gasteiger partial charge in [-0.15, -0.1) is 0 Å². The lowest BCUT2D eigenvalue weighted by Crippen LogP contribution is -2.31. The van der Waals surface area contributed by atoms with Gasteiger partial charge in [-0.2, -0.15) is 4.31 Å². The van der Waals surface area contributed by atoms with Crippen LogP contribution in [0.25, 0.3) is 0 Å². The van der Waals surface area contributed by atoms with Crippen LogP contribution in [0.3, 0.4) is 0 Å². The Kier molecular flexibility index (Phi) is 4.50. The lowest BCUT2D eigenvalue weighted by molar-refractivity contribution is 0.0696. The molecule has 24 heavy (non-hydrogen) atoms. The van der Waals surface area contributed by atoms with Crippen LogP contribution < -0.4 is 4.74 Å². The molecule has 1 aromatic heterocycles. The summed E-state index contributed by atoms with van der Waals surface area (Å²) in [6, 6.07) is 8.80. The highest BCUT2D eigenvalue weighted by Crippen LogP contribution is 2.24. The summed E-state index contributed by atoms with van der Waals surface area (Å²) in [6.45, 7) is 0.553. The zero-order valence-corrected chi connectivity index (χ0v) is 13.5. The number of rotatable bonds is 5. The summed E-state index contributed by atoms with van der Waals surface area (Å²) in [6.07, 6.45) is 3.54. The number of benzene rings is 1. The molecule has 1 N–H and O–H groups in total. The van der Waals surface area contributed by atoms with Gasteiger partial charge in [0.15, 0.2) is 0 Å². The first-order valence-electron chi connectivity index (χ1n) is 7.37. The van der Waals surface area contributed by atoms with E-state index in [4.69, 9.17) is 9.84 Å². The number of hydrogen-bond donors (Lipinski definition) is 1. The molecule has 0 bridgehead atoms. The van der Waals surface area contributed by atoms with E-state index in [0.717, 1.165) is 0 Å². The summed E-state index contributed by atoms with van der Waals surface area (Å²) >= 11 is 0. The number of carboxylic acids is 1. The lowest BCUT2D eigenvalue weighted by atomic mass is 10.2. The van der Waals surface area contributed by atoms with Crippen molar-refractivity contribution < 1.29 is 23.1 Å². The molecular formula is C16H16N2O5S. The number of carboxylic acid groups (broad SMARTS) is 1. The molecule has 1 aliphatic rings. The molecule has 3 rings (SSSR count). The average Bonchev–Trinajstić information content (AvgIpc) is 3.05. The molecule has 0 amide bonds. The molecule has 1 saturated heterocycles. The van der Waals surface area contributed by atoms with Crippen molar-refractivity contribution >= 4 is 16.0 Å². The van der Waals surface area contributed by atoms with Crippen molar-refractivity contribution in [1.82, 2.24) is 9.29 Å². The van der Waals surface area contributed by atoms with E-state index in [0.29, 0.717) is 18.7 Å². The van der Waals surface area contributed by atoms with Crippen LogP contribution in [0.15, 0.2) is 53.7 Å². The number of carbonyl (C=O) groups is 1. The van der Waals surface area contributed by atoms with E-state index < -0.39 is 16.0 Å². The average molecular weight is 348 g/mol. The van der Waals surface area contributed by atoms with E-state index >= 15 is 0 Å². The number of pyridine rings is 1. The van der Waals surface area contributed by atoms with Crippen molar-refractivity contribution in [3.8, 4) is 5.75 Å². The maximum absolute atomic E-state index is 12.7. The molecule has 1 aromatic carbocycles. The number of sulfonamides is 1. The van der Waals surface area contributed by atoms with Crippen LogP contribution in [0, 0.1) is 0 Å². The summed E-state index contributed by atoms with van der Waals surface area (Å²) in [7, 11) is -3.74. The third-order valence-corrected chi connectivity index (χ3v) is 5.64. The fourth-order valence-electron chi connectivity index (χ4n) is 2.56. The second kappa shape index (κ2) is 6.58. The molecule has 126 valence electrons. The molecule has 0 spiro atoms. The van der Waals surface area contributed by atoms with Gasteiger partial charge in [0.2, 0.25) is 10.0 Å². The van der Waals surface area contributed by atoms with Crippen LogP contribution in [0.1, 0.15) is 16.8 Å². The van der Waals surface area contributed by atoms with Crippen molar-refractivity contribution in [2.75, 3.05) is 13.1 Å². The summed E-state index contributed by atoms with van der Waals surface area (Å²) < 4.78 is 32.4. The fraction of sp³-hybridized carbons (Fsp3) is 0.250. The zero-order valence-electron chi connectivity index (χ0n) is 12.7. The zero-order chi connectivity index (χ0) is 17.2. The van der Waals surface area contributed by atoms with E-state index in [1.165, 1.54) is 28.6 Å². The monoisotopic (exact) mass is 348 g/mol. The predicted molar refractivity (Wildman–Crippen MR) is 85.4 cm³/mol. The normalized spacial score (nSPS) is 18.4. The largest absolute Gasteiger partial charge is 0.489 e. The number of ether oxygens (including phenoxy) is 1. The van der Waals surface area contributed by atoms with Gasteiger partial charge in [-0.1, -0.05) is 6.07 Å². The Hall–Kier alpha value is -2.45. The highest BCUT2D eigenvalue weighted by Gasteiger charge is 2.33. The van der Waals surface area contributed by atoms with E-state index in [1.807, 2.05) is 0 Å². The third-order valence-electron chi connectivity index (χ3n) is 3.78. The summed E-state index contributed by atoms with van der Waals surface area (Å²) in [4.78, 5) is 14.9. The van der Waals surface area contributed by atoms with Gasteiger partial charge in [0, 0.05) is 18.9 Å². The minimum atomic E-state index is -3.74. The van der Waals surface area contributed by atoms with Crippen LogP contribution in [-0.4, -0.2) is 48.0 Å². The smallest absolute Gasteiger partial charge is 0.335 e. The second-order valence-electron chi connectivity index (χ2n) is 5.41. The number of nitrogens with zero attached hydrogens (tertiary/aromatic N) is 2. The maximum Gasteiger partial charge on any atom is 0.335 e. The van der Waals surface area contributed by atoms with Gasteiger partial charge in [0.05, 0.1) is 17.0 Å². The van der Waals surface area contributed by atoms with E-state index in [9.17, 15) is 13.2 Å². The molecule has 2 aromatic rings. The molecule has 1 atom stereocenters. The number of aromatic carboxylic acids is 1. The van der Waals surface area contributed by atoms with Crippen LogP contribution in [0.5, 0.6) is 5.75 Å². The van der Waals surface area contributed by atoms with E-state index in [1.54, 1.807) is 24.5 Å². The molecule has 1 fully saturated rings. The Morgan fingerprint density at radius 1 is 1.25 bits per heavy atom. The van der Waals surface area contributed by atoms with Crippen LogP contribution in [0.2, 0.25) is 0 Å². The molecular weight excluding hydrogens is 332 g/mol. The van der Waals surface area contributed by atoms with Crippen molar-refractivity contribution in [3.63, 3.8) is 0 Å². The Morgan fingerprint density at radius 2 is 2.00 bits per heavy atom. The Balaban J connectivity index is 1.74. The lowest BCUT2D eigenvalue weighted by Gasteiger charge is -2.17. The minimum absolute atomic E-state index is 0.0213. The molecule has 0 radical (unpaired) electrons. The van der Waals surface area contributed by atoms with Crippen molar-refractivity contribution in [2.24, 2.45) is 0 Å². The fourth-order valence-corrected chi connectivity index (χ4v) is 4.09. The van der Waals surface area contributed by atoms with Gasteiger partial charge < -0.3 is 9.84 Å². The molecule has 7 nitrogen and oxygen atoms in total. The SMILES string of the molecule is O=C(O)c1cccc(S(=O)(=O)N2CC[C@@H](Oc3ccncc3)C2)c1. The standard InChI is InChI=1S/C16H16N2O5S/c19-16(20)12-2-1-3-15(10-12)24(21,22)18-9-6-14(11-18)23-13-4-7-17-8-5-13/h1-5,7-8,10,14H,6,9,11H2,(H,19,20)/t14-/m1/s1. The Morgan fingerprint density at radius 3 is 2.71 bits per heavy atom. The molecule has 2 heterocycles. The van der Waals surface area contributed by atoms with E-state index in [2.05, 4.69) is 4.98 Å². The van der Waals surface area contributed by atoms with Crippen molar-refractivity contribution in [1.29, 1.82) is 0 Å². The van der Waals surface area contributed by atoms with Gasteiger partial charge in [-0.05, 0) is 36.8 Å². The van der Waals surface area contributed by atoms with Gasteiger partial charge in [-0.25, -0.2) is 13.2 Å². The van der Waals surface area contributed by atoms with E-state index in [-0.39, 0.29) is 23.1 Å². The topological polar surface area (TPSA) is 96.8 Å². The molecule has 0 unspecified atom stereocenters. The number of hydrogen-bond acceptors (Lipinski definition) is 5. The molecule has 8 heteroatoms. The number of aromatic nitrogens is 1. The van der Waals surface area contributed by atoms with Crippen LogP contribution in [0.4, 0.5) is 0 Å². The first-order chi connectivity index (χ1) is 11.5. The maximum atomic E-state index is 12.7. The Bertz CT molecular complexity index is 839. The van der Waals surface area contributed by atoms with Crippen LogP contribution >= 0.6 is 0 Å². The molecule has 1 aliphatic heterocycles.